The molecule has 1 aliphatic rings. The summed E-state index contributed by atoms with van der Waals surface area (Å²) in [6.07, 6.45) is 6.59. The van der Waals surface area contributed by atoms with Crippen molar-refractivity contribution in [2.45, 2.75) is 38.6 Å². The topological polar surface area (TPSA) is 52.8 Å². The molecule has 0 aromatic carbocycles. The van der Waals surface area contributed by atoms with Gasteiger partial charge >= 0.3 is 0 Å². The molecule has 0 spiro atoms. The molecule has 1 heterocycles. The fourth-order valence-corrected chi connectivity index (χ4v) is 2.70. The highest BCUT2D eigenvalue weighted by Gasteiger charge is 2.27. The van der Waals surface area contributed by atoms with E-state index >= 15 is 0 Å². The molecule has 2 rings (SSSR count). The molecule has 0 aliphatic heterocycles. The van der Waals surface area contributed by atoms with Crippen LogP contribution < -0.4 is 4.90 Å². The van der Waals surface area contributed by atoms with Crippen molar-refractivity contribution >= 4 is 5.82 Å². The van der Waals surface area contributed by atoms with Crippen LogP contribution in [0, 0.1) is 17.2 Å². The third-order valence-electron chi connectivity index (χ3n) is 3.72. The maximum atomic E-state index is 9.09. The van der Waals surface area contributed by atoms with Crippen molar-refractivity contribution in [3.8, 4) is 6.07 Å². The van der Waals surface area contributed by atoms with Crippen LogP contribution >= 0.6 is 0 Å². The van der Waals surface area contributed by atoms with Crippen LogP contribution in [0.25, 0.3) is 0 Å². The van der Waals surface area contributed by atoms with E-state index in [0.717, 1.165) is 0 Å². The SMILES string of the molecule is CC1CCCCC1N(C)c1nnccc1C#N. The Kier molecular flexibility index (Phi) is 3.58. The van der Waals surface area contributed by atoms with Gasteiger partial charge in [-0.15, -0.1) is 5.10 Å². The smallest absolute Gasteiger partial charge is 0.169 e. The number of anilines is 1. The van der Waals surface area contributed by atoms with E-state index in [9.17, 15) is 0 Å². The fourth-order valence-electron chi connectivity index (χ4n) is 2.70. The first-order chi connectivity index (χ1) is 8.24. The highest BCUT2D eigenvalue weighted by atomic mass is 15.3. The summed E-state index contributed by atoms with van der Waals surface area (Å²) >= 11 is 0. The van der Waals surface area contributed by atoms with Crippen LogP contribution in [0.15, 0.2) is 12.3 Å². The summed E-state index contributed by atoms with van der Waals surface area (Å²) in [4.78, 5) is 2.13. The minimum absolute atomic E-state index is 0.479. The molecule has 0 bridgehead atoms. The number of nitrogens with zero attached hydrogens (tertiary/aromatic N) is 4. The van der Waals surface area contributed by atoms with E-state index in [-0.39, 0.29) is 0 Å². The molecule has 0 N–H and O–H groups in total. The molecule has 2 unspecified atom stereocenters. The standard InChI is InChI=1S/C13H18N4/c1-10-5-3-4-6-12(10)17(2)13-11(9-14)7-8-15-16-13/h7-8,10,12H,3-6H2,1-2H3. The van der Waals surface area contributed by atoms with Crippen LogP contribution in [-0.2, 0) is 0 Å². The van der Waals surface area contributed by atoms with Crippen molar-refractivity contribution in [1.82, 2.24) is 10.2 Å². The zero-order valence-electron chi connectivity index (χ0n) is 10.4. The molecular formula is C13H18N4. The third kappa shape index (κ3) is 2.38. The molecule has 90 valence electrons. The van der Waals surface area contributed by atoms with Gasteiger partial charge in [0.05, 0.1) is 11.8 Å². The Morgan fingerprint density at radius 1 is 1.41 bits per heavy atom. The van der Waals surface area contributed by atoms with E-state index in [0.29, 0.717) is 23.3 Å². The van der Waals surface area contributed by atoms with Crippen molar-refractivity contribution in [3.05, 3.63) is 17.8 Å². The number of nitriles is 1. The Labute approximate surface area is 102 Å². The van der Waals surface area contributed by atoms with Crippen LogP contribution in [0.5, 0.6) is 0 Å². The highest BCUT2D eigenvalue weighted by Crippen LogP contribution is 2.30. The maximum Gasteiger partial charge on any atom is 0.169 e. The summed E-state index contributed by atoms with van der Waals surface area (Å²) in [5.41, 5.74) is 0.611. The lowest BCUT2D eigenvalue weighted by atomic mass is 9.85. The van der Waals surface area contributed by atoms with Crippen molar-refractivity contribution in [1.29, 1.82) is 5.26 Å². The van der Waals surface area contributed by atoms with Gasteiger partial charge in [0.15, 0.2) is 5.82 Å². The average Bonchev–Trinajstić information content (AvgIpc) is 2.38. The molecule has 1 saturated carbocycles. The lowest BCUT2D eigenvalue weighted by Crippen LogP contribution is -2.39. The molecule has 2 atom stereocenters. The van der Waals surface area contributed by atoms with E-state index in [1.807, 2.05) is 7.05 Å². The van der Waals surface area contributed by atoms with E-state index in [4.69, 9.17) is 5.26 Å². The minimum atomic E-state index is 0.479. The van der Waals surface area contributed by atoms with Gasteiger partial charge < -0.3 is 4.90 Å². The number of hydrogen-bond acceptors (Lipinski definition) is 4. The molecule has 1 aliphatic carbocycles. The molecule has 17 heavy (non-hydrogen) atoms. The summed E-state index contributed by atoms with van der Waals surface area (Å²) in [5, 5.41) is 17.1. The van der Waals surface area contributed by atoms with Gasteiger partial charge in [0, 0.05) is 13.1 Å². The Bertz CT molecular complexity index is 424. The van der Waals surface area contributed by atoms with Crippen LogP contribution in [0.4, 0.5) is 5.82 Å². The van der Waals surface area contributed by atoms with E-state index in [1.54, 1.807) is 12.3 Å². The summed E-state index contributed by atoms with van der Waals surface area (Å²) in [7, 11) is 2.03. The van der Waals surface area contributed by atoms with Crippen molar-refractivity contribution < 1.29 is 0 Å². The second-order valence-electron chi connectivity index (χ2n) is 4.82. The summed E-state index contributed by atoms with van der Waals surface area (Å²) in [5.74, 6) is 1.37. The number of rotatable bonds is 2. The quantitative estimate of drug-likeness (QED) is 0.782. The summed E-state index contributed by atoms with van der Waals surface area (Å²) < 4.78 is 0. The first-order valence-electron chi connectivity index (χ1n) is 6.18. The fraction of sp³-hybridized carbons (Fsp3) is 0.615. The molecule has 0 radical (unpaired) electrons. The van der Waals surface area contributed by atoms with Gasteiger partial charge in [0.1, 0.15) is 6.07 Å². The highest BCUT2D eigenvalue weighted by molar-refractivity contribution is 5.52. The lowest BCUT2D eigenvalue weighted by Gasteiger charge is -2.36. The number of hydrogen-bond donors (Lipinski definition) is 0. The molecule has 0 saturated heterocycles. The van der Waals surface area contributed by atoms with E-state index < -0.39 is 0 Å². The van der Waals surface area contributed by atoms with Crippen LogP contribution in [-0.4, -0.2) is 23.3 Å². The minimum Gasteiger partial charge on any atom is -0.354 e. The van der Waals surface area contributed by atoms with Gasteiger partial charge in [-0.1, -0.05) is 19.8 Å². The second kappa shape index (κ2) is 5.13. The largest absolute Gasteiger partial charge is 0.354 e. The number of aromatic nitrogens is 2. The predicted octanol–water partition coefficient (Wildman–Crippen LogP) is 2.36. The Morgan fingerprint density at radius 3 is 2.88 bits per heavy atom. The first kappa shape index (κ1) is 11.8. The predicted molar refractivity (Wildman–Crippen MR) is 66.6 cm³/mol. The zero-order valence-corrected chi connectivity index (χ0v) is 10.4. The van der Waals surface area contributed by atoms with Gasteiger partial charge in [-0.05, 0) is 24.8 Å². The Hall–Kier alpha value is -1.63. The van der Waals surface area contributed by atoms with Gasteiger partial charge in [-0.3, -0.25) is 0 Å². The van der Waals surface area contributed by atoms with Gasteiger partial charge in [0.2, 0.25) is 0 Å². The first-order valence-corrected chi connectivity index (χ1v) is 6.18. The lowest BCUT2D eigenvalue weighted by molar-refractivity contribution is 0.320. The van der Waals surface area contributed by atoms with Crippen LogP contribution in [0.3, 0.4) is 0 Å². The van der Waals surface area contributed by atoms with Crippen molar-refractivity contribution in [2.75, 3.05) is 11.9 Å². The third-order valence-corrected chi connectivity index (χ3v) is 3.72. The monoisotopic (exact) mass is 230 g/mol. The van der Waals surface area contributed by atoms with Crippen LogP contribution in [0.1, 0.15) is 38.2 Å². The second-order valence-corrected chi connectivity index (χ2v) is 4.82. The molecule has 1 aromatic rings. The molecule has 4 heteroatoms. The van der Waals surface area contributed by atoms with Gasteiger partial charge in [-0.25, -0.2) is 0 Å². The Balaban J connectivity index is 2.24. The van der Waals surface area contributed by atoms with Crippen molar-refractivity contribution in [3.63, 3.8) is 0 Å². The van der Waals surface area contributed by atoms with Gasteiger partial charge in [-0.2, -0.15) is 10.4 Å². The van der Waals surface area contributed by atoms with Crippen molar-refractivity contribution in [2.24, 2.45) is 5.92 Å². The summed E-state index contributed by atoms with van der Waals surface area (Å²) in [6, 6.07) is 4.39. The average molecular weight is 230 g/mol. The molecule has 0 amide bonds. The molecular weight excluding hydrogens is 212 g/mol. The van der Waals surface area contributed by atoms with E-state index in [1.165, 1.54) is 25.7 Å². The molecule has 1 fully saturated rings. The van der Waals surface area contributed by atoms with Crippen LogP contribution in [0.2, 0.25) is 0 Å². The molecule has 4 nitrogen and oxygen atoms in total. The maximum absolute atomic E-state index is 9.09. The summed E-state index contributed by atoms with van der Waals surface area (Å²) in [6.45, 7) is 2.28. The molecule has 1 aromatic heterocycles. The Morgan fingerprint density at radius 2 is 2.18 bits per heavy atom. The van der Waals surface area contributed by atoms with E-state index in [2.05, 4.69) is 28.1 Å². The van der Waals surface area contributed by atoms with Gasteiger partial charge in [0.25, 0.3) is 0 Å². The normalized spacial score (nSPS) is 24.1. The zero-order chi connectivity index (χ0) is 12.3.